The number of fused-ring (bicyclic) bond motifs is 1. The Labute approximate surface area is 106 Å². The van der Waals surface area contributed by atoms with Crippen molar-refractivity contribution in [1.82, 2.24) is 9.47 Å². The largest absolute Gasteiger partial charge is 0.469 e. The van der Waals surface area contributed by atoms with Gasteiger partial charge in [-0.05, 0) is 32.0 Å². The molecule has 1 unspecified atom stereocenters. The van der Waals surface area contributed by atoms with E-state index in [1.807, 2.05) is 17.9 Å². The molecule has 2 aromatic rings. The Morgan fingerprint density at radius 2 is 2.22 bits per heavy atom. The highest BCUT2D eigenvalue weighted by molar-refractivity contribution is 5.95. The second-order valence-corrected chi connectivity index (χ2v) is 4.69. The maximum absolute atomic E-state index is 12.5. The van der Waals surface area contributed by atoms with Gasteiger partial charge < -0.3 is 13.9 Å². The molecule has 18 heavy (non-hydrogen) atoms. The van der Waals surface area contributed by atoms with Gasteiger partial charge in [0, 0.05) is 25.0 Å². The van der Waals surface area contributed by atoms with Crippen LogP contribution in [0, 0.1) is 6.92 Å². The molecular formula is C14H16N2O2. The molecule has 94 valence electrons. The van der Waals surface area contributed by atoms with E-state index in [1.165, 1.54) is 5.69 Å². The van der Waals surface area contributed by atoms with Gasteiger partial charge in [-0.25, -0.2) is 0 Å². The maximum atomic E-state index is 12.5. The number of carbonyl (C=O) groups excluding carboxylic acids is 1. The third-order valence-corrected chi connectivity index (χ3v) is 3.69. The smallest absolute Gasteiger partial charge is 0.258 e. The van der Waals surface area contributed by atoms with Crippen LogP contribution in [0.4, 0.5) is 0 Å². The van der Waals surface area contributed by atoms with E-state index in [1.54, 1.807) is 12.3 Å². The van der Waals surface area contributed by atoms with Crippen molar-refractivity contribution in [3.8, 4) is 0 Å². The maximum Gasteiger partial charge on any atom is 0.258 e. The van der Waals surface area contributed by atoms with Gasteiger partial charge in [-0.2, -0.15) is 0 Å². The van der Waals surface area contributed by atoms with Crippen LogP contribution in [0.25, 0.3) is 0 Å². The molecule has 0 aliphatic carbocycles. The van der Waals surface area contributed by atoms with E-state index in [4.69, 9.17) is 4.42 Å². The number of furan rings is 1. The van der Waals surface area contributed by atoms with E-state index in [-0.39, 0.29) is 11.9 Å². The number of carbonyl (C=O) groups is 1. The molecule has 0 N–H and O–H groups in total. The van der Waals surface area contributed by atoms with E-state index < -0.39 is 0 Å². The molecule has 4 heteroatoms. The highest BCUT2D eigenvalue weighted by Gasteiger charge is 2.29. The van der Waals surface area contributed by atoms with Crippen molar-refractivity contribution >= 4 is 5.91 Å². The zero-order valence-electron chi connectivity index (χ0n) is 10.6. The van der Waals surface area contributed by atoms with Crippen LogP contribution in [0.3, 0.4) is 0 Å². The number of hydrogen-bond acceptors (Lipinski definition) is 2. The first-order valence-corrected chi connectivity index (χ1v) is 6.18. The monoisotopic (exact) mass is 244 g/mol. The Balaban J connectivity index is 1.91. The third-order valence-electron chi connectivity index (χ3n) is 3.69. The van der Waals surface area contributed by atoms with E-state index in [0.717, 1.165) is 13.1 Å². The molecule has 1 aliphatic rings. The lowest BCUT2D eigenvalue weighted by molar-refractivity contribution is 0.0642. The molecule has 0 bridgehead atoms. The van der Waals surface area contributed by atoms with Crippen molar-refractivity contribution in [2.45, 2.75) is 26.4 Å². The van der Waals surface area contributed by atoms with Gasteiger partial charge >= 0.3 is 0 Å². The first kappa shape index (κ1) is 11.1. The van der Waals surface area contributed by atoms with Gasteiger partial charge in [0.25, 0.3) is 5.91 Å². The number of amides is 1. The fraction of sp³-hybridized carbons (Fsp3) is 0.357. The van der Waals surface area contributed by atoms with E-state index in [0.29, 0.717) is 11.3 Å². The van der Waals surface area contributed by atoms with Crippen LogP contribution < -0.4 is 0 Å². The molecule has 0 saturated carbocycles. The van der Waals surface area contributed by atoms with Crippen LogP contribution in [-0.2, 0) is 6.54 Å². The molecule has 4 nitrogen and oxygen atoms in total. The van der Waals surface area contributed by atoms with Gasteiger partial charge in [0.15, 0.2) is 0 Å². The lowest BCUT2D eigenvalue weighted by Gasteiger charge is -2.34. The SMILES string of the molecule is Cc1occc1C(=O)N1CCn2cccc2C1C. The molecule has 1 amide bonds. The van der Waals surface area contributed by atoms with Crippen molar-refractivity contribution < 1.29 is 9.21 Å². The highest BCUT2D eigenvalue weighted by Crippen LogP contribution is 2.27. The molecule has 0 radical (unpaired) electrons. The van der Waals surface area contributed by atoms with E-state index in [9.17, 15) is 4.79 Å². The average molecular weight is 244 g/mol. The summed E-state index contributed by atoms with van der Waals surface area (Å²) >= 11 is 0. The fourth-order valence-corrected chi connectivity index (χ4v) is 2.62. The summed E-state index contributed by atoms with van der Waals surface area (Å²) in [5.41, 5.74) is 1.86. The van der Waals surface area contributed by atoms with Crippen LogP contribution in [-0.4, -0.2) is 21.9 Å². The minimum Gasteiger partial charge on any atom is -0.469 e. The number of aryl methyl sites for hydroxylation is 1. The Kier molecular flexibility index (Phi) is 2.51. The molecule has 0 saturated heterocycles. The lowest BCUT2D eigenvalue weighted by atomic mass is 10.1. The topological polar surface area (TPSA) is 38.4 Å². The molecule has 3 heterocycles. The number of hydrogen-bond donors (Lipinski definition) is 0. The van der Waals surface area contributed by atoms with Crippen molar-refractivity contribution in [2.75, 3.05) is 6.54 Å². The summed E-state index contributed by atoms with van der Waals surface area (Å²) < 4.78 is 7.42. The highest BCUT2D eigenvalue weighted by atomic mass is 16.3. The summed E-state index contributed by atoms with van der Waals surface area (Å²) in [5, 5.41) is 0. The molecule has 0 aromatic carbocycles. The van der Waals surface area contributed by atoms with Crippen LogP contribution in [0.1, 0.15) is 34.8 Å². The summed E-state index contributed by atoms with van der Waals surface area (Å²) in [6, 6.07) is 5.96. The Hall–Kier alpha value is -1.97. The van der Waals surface area contributed by atoms with Gasteiger partial charge in [0.2, 0.25) is 0 Å². The summed E-state index contributed by atoms with van der Waals surface area (Å²) in [6.07, 6.45) is 3.64. The zero-order chi connectivity index (χ0) is 12.7. The zero-order valence-corrected chi connectivity index (χ0v) is 10.6. The predicted molar refractivity (Wildman–Crippen MR) is 67.3 cm³/mol. The predicted octanol–water partition coefficient (Wildman–Crippen LogP) is 2.61. The second-order valence-electron chi connectivity index (χ2n) is 4.69. The number of aromatic nitrogens is 1. The van der Waals surface area contributed by atoms with Crippen molar-refractivity contribution in [2.24, 2.45) is 0 Å². The summed E-state index contributed by atoms with van der Waals surface area (Å²) in [7, 11) is 0. The Morgan fingerprint density at radius 3 is 2.94 bits per heavy atom. The van der Waals surface area contributed by atoms with Gasteiger partial charge in [0.05, 0.1) is 17.9 Å². The number of nitrogens with zero attached hydrogens (tertiary/aromatic N) is 2. The van der Waals surface area contributed by atoms with Gasteiger partial charge in [-0.3, -0.25) is 4.79 Å². The van der Waals surface area contributed by atoms with Crippen molar-refractivity contribution in [3.63, 3.8) is 0 Å². The quantitative estimate of drug-likeness (QED) is 0.773. The molecule has 1 aliphatic heterocycles. The molecule has 3 rings (SSSR count). The molecule has 2 aromatic heterocycles. The van der Waals surface area contributed by atoms with Crippen LogP contribution in [0.5, 0.6) is 0 Å². The second kappa shape index (κ2) is 4.05. The van der Waals surface area contributed by atoms with Crippen molar-refractivity contribution in [1.29, 1.82) is 0 Å². The van der Waals surface area contributed by atoms with E-state index in [2.05, 4.69) is 23.8 Å². The van der Waals surface area contributed by atoms with Gasteiger partial charge in [-0.1, -0.05) is 0 Å². The third kappa shape index (κ3) is 1.56. The molecular weight excluding hydrogens is 228 g/mol. The molecule has 1 atom stereocenters. The standard InChI is InChI=1S/C14H16N2O2/c1-10-13-4-3-6-15(13)7-8-16(10)14(17)12-5-9-18-11(12)2/h3-6,9-10H,7-8H2,1-2H3. The van der Waals surface area contributed by atoms with Gasteiger partial charge in [-0.15, -0.1) is 0 Å². The van der Waals surface area contributed by atoms with Crippen LogP contribution in [0.15, 0.2) is 35.1 Å². The van der Waals surface area contributed by atoms with Crippen molar-refractivity contribution in [3.05, 3.63) is 47.7 Å². The van der Waals surface area contributed by atoms with E-state index >= 15 is 0 Å². The Bertz CT molecular complexity index is 582. The minimum atomic E-state index is 0.0567. The van der Waals surface area contributed by atoms with Crippen LogP contribution >= 0.6 is 0 Å². The normalized spacial score (nSPS) is 18.8. The number of rotatable bonds is 1. The van der Waals surface area contributed by atoms with Gasteiger partial charge in [0.1, 0.15) is 5.76 Å². The summed E-state index contributed by atoms with van der Waals surface area (Å²) in [5.74, 6) is 0.745. The molecule has 0 fully saturated rings. The minimum absolute atomic E-state index is 0.0567. The lowest BCUT2D eigenvalue weighted by Crippen LogP contribution is -2.40. The first-order valence-electron chi connectivity index (χ1n) is 6.18. The fourth-order valence-electron chi connectivity index (χ4n) is 2.62. The van der Waals surface area contributed by atoms with Crippen LogP contribution in [0.2, 0.25) is 0 Å². The first-order chi connectivity index (χ1) is 8.68. The average Bonchev–Trinajstić information content (AvgIpc) is 2.97. The molecule has 0 spiro atoms. The summed E-state index contributed by atoms with van der Waals surface area (Å²) in [6.45, 7) is 5.49. The Morgan fingerprint density at radius 1 is 1.39 bits per heavy atom. The summed E-state index contributed by atoms with van der Waals surface area (Å²) in [4.78, 5) is 14.4.